The van der Waals surface area contributed by atoms with Crippen molar-refractivity contribution in [2.24, 2.45) is 0 Å². The number of carbonyl (C=O) groups is 1. The molecule has 0 bridgehead atoms. The first kappa shape index (κ1) is 15.1. The molecule has 1 aliphatic rings. The molecule has 0 aromatic rings. The van der Waals surface area contributed by atoms with Crippen LogP contribution in [0.2, 0.25) is 0 Å². The molecular weight excluding hydrogens is 240 g/mol. The molecule has 18 heavy (non-hydrogen) atoms. The minimum atomic E-state index is -3.41. The highest BCUT2D eigenvalue weighted by atomic mass is 19.3. The van der Waals surface area contributed by atoms with E-state index in [0.717, 1.165) is 6.08 Å². The molecule has 5 heteroatoms. The molecular formula is C13H21F2NO2. The number of hydrogen-bond acceptors (Lipinski definition) is 2. The van der Waals surface area contributed by atoms with Gasteiger partial charge in [-0.3, -0.25) is 4.79 Å². The highest BCUT2D eigenvalue weighted by molar-refractivity contribution is 5.84. The van der Waals surface area contributed by atoms with E-state index in [1.165, 1.54) is 0 Å². The van der Waals surface area contributed by atoms with Gasteiger partial charge in [-0.25, -0.2) is 0 Å². The largest absolute Gasteiger partial charge is 0.367 e. The van der Waals surface area contributed by atoms with Crippen LogP contribution in [0.15, 0.2) is 12.7 Å². The van der Waals surface area contributed by atoms with E-state index < -0.39 is 35.5 Å². The predicted molar refractivity (Wildman–Crippen MR) is 65.6 cm³/mol. The minimum absolute atomic E-state index is 0.421. The molecule has 1 saturated heterocycles. The summed E-state index contributed by atoms with van der Waals surface area (Å²) in [6, 6.07) is -0.421. The third kappa shape index (κ3) is 3.28. The maximum Gasteiger partial charge on any atom is 0.327 e. The Hall–Kier alpha value is -0.970. The molecule has 1 heterocycles. The van der Waals surface area contributed by atoms with Crippen LogP contribution in [-0.4, -0.2) is 29.1 Å². The van der Waals surface area contributed by atoms with Gasteiger partial charge in [-0.1, -0.05) is 6.08 Å². The van der Waals surface area contributed by atoms with Crippen molar-refractivity contribution in [2.45, 2.75) is 63.7 Å². The fourth-order valence-corrected chi connectivity index (χ4v) is 2.32. The normalized spacial score (nSPS) is 25.8. The first-order valence-electron chi connectivity index (χ1n) is 6.00. The van der Waals surface area contributed by atoms with Crippen LogP contribution in [0.1, 0.15) is 40.5 Å². The quantitative estimate of drug-likeness (QED) is 0.790. The first-order chi connectivity index (χ1) is 8.00. The van der Waals surface area contributed by atoms with E-state index in [1.54, 1.807) is 13.8 Å². The van der Waals surface area contributed by atoms with E-state index in [4.69, 9.17) is 4.74 Å². The van der Waals surface area contributed by atoms with Gasteiger partial charge in [0.1, 0.15) is 0 Å². The van der Waals surface area contributed by atoms with Crippen LogP contribution >= 0.6 is 0 Å². The molecule has 1 aliphatic heterocycles. The lowest BCUT2D eigenvalue weighted by molar-refractivity contribution is -0.147. The standard InChI is InChI=1S/C13H21F2NO2/c1-6-7-13(14,15)10(17)16-9-8-11(2,3)18-12(9,4)5/h6,9H,1,7-8H2,2-5H3,(H,16,17). The topological polar surface area (TPSA) is 38.3 Å². The molecule has 1 rings (SSSR count). The van der Waals surface area contributed by atoms with Gasteiger partial charge in [0.2, 0.25) is 0 Å². The molecule has 0 radical (unpaired) electrons. The van der Waals surface area contributed by atoms with Crippen LogP contribution < -0.4 is 5.32 Å². The zero-order valence-electron chi connectivity index (χ0n) is 11.3. The van der Waals surface area contributed by atoms with Crippen molar-refractivity contribution < 1.29 is 18.3 Å². The summed E-state index contributed by atoms with van der Waals surface area (Å²) in [6.45, 7) is 10.6. The van der Waals surface area contributed by atoms with Gasteiger partial charge in [0.05, 0.1) is 17.2 Å². The second-order valence-corrected chi connectivity index (χ2v) is 5.89. The van der Waals surface area contributed by atoms with Gasteiger partial charge in [0.25, 0.3) is 5.91 Å². The summed E-state index contributed by atoms with van der Waals surface area (Å²) >= 11 is 0. The lowest BCUT2D eigenvalue weighted by atomic mass is 9.94. The van der Waals surface area contributed by atoms with Crippen LogP contribution in [0.3, 0.4) is 0 Å². The van der Waals surface area contributed by atoms with Crippen molar-refractivity contribution in [3.63, 3.8) is 0 Å². The molecule has 0 aromatic carbocycles. The van der Waals surface area contributed by atoms with Crippen LogP contribution in [-0.2, 0) is 9.53 Å². The second kappa shape index (κ2) is 4.61. The fourth-order valence-electron chi connectivity index (χ4n) is 2.32. The van der Waals surface area contributed by atoms with Crippen LogP contribution in [0, 0.1) is 0 Å². The molecule has 0 saturated carbocycles. The molecule has 0 aromatic heterocycles. The van der Waals surface area contributed by atoms with Gasteiger partial charge in [0.15, 0.2) is 0 Å². The molecule has 0 spiro atoms. The van der Waals surface area contributed by atoms with Gasteiger partial charge >= 0.3 is 5.92 Å². The summed E-state index contributed by atoms with van der Waals surface area (Å²) in [5.74, 6) is -4.67. The zero-order valence-corrected chi connectivity index (χ0v) is 11.3. The Labute approximate surface area is 107 Å². The lowest BCUT2D eigenvalue weighted by Crippen LogP contribution is -2.51. The third-order valence-corrected chi connectivity index (χ3v) is 3.11. The lowest BCUT2D eigenvalue weighted by Gasteiger charge is -2.28. The van der Waals surface area contributed by atoms with E-state index >= 15 is 0 Å². The SMILES string of the molecule is C=CCC(F)(F)C(=O)NC1CC(C)(C)OC1(C)C. The maximum absolute atomic E-state index is 13.4. The van der Waals surface area contributed by atoms with Crippen molar-refractivity contribution >= 4 is 5.91 Å². The van der Waals surface area contributed by atoms with Gasteiger partial charge in [-0.05, 0) is 34.1 Å². The summed E-state index contributed by atoms with van der Waals surface area (Å²) in [7, 11) is 0. The van der Waals surface area contributed by atoms with E-state index in [1.807, 2.05) is 13.8 Å². The summed E-state index contributed by atoms with van der Waals surface area (Å²) in [6.07, 6.45) is 0.895. The molecule has 1 N–H and O–H groups in total. The molecule has 1 amide bonds. The van der Waals surface area contributed by atoms with Gasteiger partial charge in [-0.2, -0.15) is 8.78 Å². The number of alkyl halides is 2. The van der Waals surface area contributed by atoms with E-state index in [-0.39, 0.29) is 0 Å². The molecule has 0 aliphatic carbocycles. The highest BCUT2D eigenvalue weighted by Gasteiger charge is 2.49. The van der Waals surface area contributed by atoms with Crippen LogP contribution in [0.25, 0.3) is 0 Å². The van der Waals surface area contributed by atoms with Gasteiger partial charge in [-0.15, -0.1) is 6.58 Å². The summed E-state index contributed by atoms with van der Waals surface area (Å²) in [5.41, 5.74) is -1.07. The number of hydrogen-bond donors (Lipinski definition) is 1. The molecule has 1 unspecified atom stereocenters. The number of ether oxygens (including phenoxy) is 1. The van der Waals surface area contributed by atoms with Crippen molar-refractivity contribution in [1.29, 1.82) is 0 Å². The number of allylic oxidation sites excluding steroid dienone is 1. The zero-order chi connectivity index (χ0) is 14.2. The Morgan fingerprint density at radius 3 is 2.44 bits per heavy atom. The monoisotopic (exact) mass is 261 g/mol. The van der Waals surface area contributed by atoms with E-state index in [2.05, 4.69) is 11.9 Å². The fraction of sp³-hybridized carbons (Fsp3) is 0.769. The summed E-state index contributed by atoms with van der Waals surface area (Å²) in [4.78, 5) is 11.5. The van der Waals surface area contributed by atoms with Gasteiger partial charge in [0, 0.05) is 6.42 Å². The molecule has 3 nitrogen and oxygen atoms in total. The van der Waals surface area contributed by atoms with Crippen molar-refractivity contribution in [2.75, 3.05) is 0 Å². The van der Waals surface area contributed by atoms with E-state index in [9.17, 15) is 13.6 Å². The summed E-state index contributed by atoms with van der Waals surface area (Å²) < 4.78 is 32.5. The molecule has 1 atom stereocenters. The van der Waals surface area contributed by atoms with Crippen LogP contribution in [0.5, 0.6) is 0 Å². The first-order valence-corrected chi connectivity index (χ1v) is 6.00. The van der Waals surface area contributed by atoms with Crippen molar-refractivity contribution in [3.05, 3.63) is 12.7 Å². The number of nitrogens with one attached hydrogen (secondary N) is 1. The molecule has 1 fully saturated rings. The number of halogens is 2. The predicted octanol–water partition coefficient (Wildman–Crippen LogP) is 2.66. The Balaban J connectivity index is 2.74. The number of amides is 1. The average Bonchev–Trinajstić information content (AvgIpc) is 2.33. The van der Waals surface area contributed by atoms with Crippen molar-refractivity contribution in [3.8, 4) is 0 Å². The Morgan fingerprint density at radius 2 is 2.06 bits per heavy atom. The Kier molecular flexibility index (Phi) is 3.86. The van der Waals surface area contributed by atoms with Crippen LogP contribution in [0.4, 0.5) is 8.78 Å². The van der Waals surface area contributed by atoms with E-state index in [0.29, 0.717) is 6.42 Å². The number of carbonyl (C=O) groups excluding carboxylic acids is 1. The van der Waals surface area contributed by atoms with Crippen molar-refractivity contribution in [1.82, 2.24) is 5.32 Å². The summed E-state index contributed by atoms with van der Waals surface area (Å²) in [5, 5.41) is 2.39. The Bertz CT molecular complexity index is 351. The highest BCUT2D eigenvalue weighted by Crippen LogP contribution is 2.37. The second-order valence-electron chi connectivity index (χ2n) is 5.89. The minimum Gasteiger partial charge on any atom is -0.367 e. The third-order valence-electron chi connectivity index (χ3n) is 3.11. The smallest absolute Gasteiger partial charge is 0.327 e. The maximum atomic E-state index is 13.4. The molecule has 104 valence electrons. The Morgan fingerprint density at radius 1 is 1.50 bits per heavy atom. The van der Waals surface area contributed by atoms with Gasteiger partial charge < -0.3 is 10.1 Å². The number of rotatable bonds is 4. The average molecular weight is 261 g/mol.